The van der Waals surface area contributed by atoms with Crippen molar-refractivity contribution in [3.63, 3.8) is 0 Å². The monoisotopic (exact) mass is 326 g/mol. The minimum Gasteiger partial charge on any atom is -0.344 e. The molecule has 0 radical (unpaired) electrons. The Morgan fingerprint density at radius 1 is 1.25 bits per heavy atom. The quantitative estimate of drug-likeness (QED) is 0.923. The van der Waals surface area contributed by atoms with Gasteiger partial charge in [0, 0.05) is 13.6 Å². The van der Waals surface area contributed by atoms with E-state index in [-0.39, 0.29) is 23.3 Å². The van der Waals surface area contributed by atoms with Gasteiger partial charge in [0.15, 0.2) is 0 Å². The molecule has 24 heavy (non-hydrogen) atoms. The lowest BCUT2D eigenvalue weighted by atomic mass is 9.68. The molecule has 4 atom stereocenters. The fraction of sp³-hybridized carbons (Fsp3) is 0.600. The zero-order chi connectivity index (χ0) is 16.7. The van der Waals surface area contributed by atoms with Crippen LogP contribution in [0.1, 0.15) is 37.7 Å². The standard InChI is InChI=1S/C20H26N2O2/c1-22-10-9-17(18(22)23)21-19(24)20(12-14-5-3-2-4-6-14)13-15-7-8-16(20)11-15/h2-6,15-17H,7-13H2,1H3,(H,21,24)/t15-,16-,17-,20-/m0/s1. The minimum absolute atomic E-state index is 0.0568. The third-order valence-electron chi connectivity index (χ3n) is 6.52. The van der Waals surface area contributed by atoms with Crippen LogP contribution in [0.2, 0.25) is 0 Å². The molecular weight excluding hydrogens is 300 g/mol. The van der Waals surface area contributed by atoms with Gasteiger partial charge in [0.05, 0.1) is 5.41 Å². The van der Waals surface area contributed by atoms with Gasteiger partial charge >= 0.3 is 0 Å². The fourth-order valence-corrected chi connectivity index (χ4v) is 5.24. The van der Waals surface area contributed by atoms with Crippen molar-refractivity contribution < 1.29 is 9.59 Å². The number of rotatable bonds is 4. The number of nitrogens with zero attached hydrogens (tertiary/aromatic N) is 1. The van der Waals surface area contributed by atoms with E-state index < -0.39 is 0 Å². The fourth-order valence-electron chi connectivity index (χ4n) is 5.24. The lowest BCUT2D eigenvalue weighted by Crippen LogP contribution is -2.51. The van der Waals surface area contributed by atoms with Gasteiger partial charge in [0.25, 0.3) is 0 Å². The number of nitrogens with one attached hydrogen (secondary N) is 1. The second-order valence-electron chi connectivity index (χ2n) is 7.97. The third kappa shape index (κ3) is 2.52. The zero-order valence-corrected chi connectivity index (χ0v) is 14.3. The van der Waals surface area contributed by atoms with Gasteiger partial charge in [-0.15, -0.1) is 0 Å². The molecule has 4 rings (SSSR count). The number of carbonyl (C=O) groups is 2. The Hall–Kier alpha value is -1.84. The molecule has 2 bridgehead atoms. The van der Waals surface area contributed by atoms with E-state index in [4.69, 9.17) is 0 Å². The van der Waals surface area contributed by atoms with E-state index in [1.807, 2.05) is 25.2 Å². The smallest absolute Gasteiger partial charge is 0.244 e. The second-order valence-corrected chi connectivity index (χ2v) is 7.97. The number of hydrogen-bond donors (Lipinski definition) is 1. The number of amides is 2. The molecule has 2 aliphatic carbocycles. The highest BCUT2D eigenvalue weighted by Crippen LogP contribution is 2.57. The number of hydrogen-bond acceptors (Lipinski definition) is 2. The van der Waals surface area contributed by atoms with E-state index >= 15 is 0 Å². The van der Waals surface area contributed by atoms with Crippen LogP contribution < -0.4 is 5.32 Å². The van der Waals surface area contributed by atoms with Gasteiger partial charge in [-0.1, -0.05) is 36.8 Å². The van der Waals surface area contributed by atoms with Crippen LogP contribution >= 0.6 is 0 Å². The van der Waals surface area contributed by atoms with Crippen LogP contribution in [0.4, 0.5) is 0 Å². The van der Waals surface area contributed by atoms with Crippen LogP contribution in [0.25, 0.3) is 0 Å². The topological polar surface area (TPSA) is 49.4 Å². The molecule has 0 spiro atoms. The summed E-state index contributed by atoms with van der Waals surface area (Å²) in [6.07, 6.45) is 6.12. The molecule has 1 saturated heterocycles. The molecular formula is C20H26N2O2. The number of benzene rings is 1. The maximum Gasteiger partial charge on any atom is 0.244 e. The maximum absolute atomic E-state index is 13.3. The van der Waals surface area contributed by atoms with E-state index in [1.54, 1.807) is 4.90 Å². The Balaban J connectivity index is 1.57. The summed E-state index contributed by atoms with van der Waals surface area (Å²) in [5.41, 5.74) is 0.918. The first-order valence-corrected chi connectivity index (χ1v) is 9.18. The summed E-state index contributed by atoms with van der Waals surface area (Å²) in [6, 6.07) is 10.0. The summed E-state index contributed by atoms with van der Waals surface area (Å²) in [7, 11) is 1.81. The van der Waals surface area contributed by atoms with Crippen molar-refractivity contribution >= 4 is 11.8 Å². The predicted molar refractivity (Wildman–Crippen MR) is 92.2 cm³/mol. The van der Waals surface area contributed by atoms with Crippen molar-refractivity contribution in [2.45, 2.75) is 44.6 Å². The van der Waals surface area contributed by atoms with Gasteiger partial charge in [0.1, 0.15) is 6.04 Å². The average molecular weight is 326 g/mol. The first-order chi connectivity index (χ1) is 11.6. The number of likely N-dealkylation sites (N-methyl/N-ethyl adjacent to an activating group) is 1. The highest BCUT2D eigenvalue weighted by Gasteiger charge is 2.55. The molecule has 1 heterocycles. The van der Waals surface area contributed by atoms with E-state index in [9.17, 15) is 9.59 Å². The summed E-state index contributed by atoms with van der Waals surface area (Å²) in [5.74, 6) is 1.33. The second kappa shape index (κ2) is 5.91. The molecule has 1 aromatic rings. The molecule has 4 heteroatoms. The first-order valence-electron chi connectivity index (χ1n) is 9.18. The highest BCUT2D eigenvalue weighted by molar-refractivity contribution is 5.91. The van der Waals surface area contributed by atoms with Crippen molar-refractivity contribution in [1.82, 2.24) is 10.2 Å². The molecule has 3 aliphatic rings. The number of likely N-dealkylation sites (tertiary alicyclic amines) is 1. The van der Waals surface area contributed by atoms with Gasteiger partial charge in [-0.05, 0) is 49.5 Å². The molecule has 1 aliphatic heterocycles. The number of carbonyl (C=O) groups excluding carboxylic acids is 2. The van der Waals surface area contributed by atoms with Crippen LogP contribution in [0.3, 0.4) is 0 Å². The molecule has 2 saturated carbocycles. The van der Waals surface area contributed by atoms with Crippen LogP contribution in [-0.2, 0) is 16.0 Å². The predicted octanol–water partition coefficient (Wildman–Crippen LogP) is 2.38. The molecule has 3 fully saturated rings. The third-order valence-corrected chi connectivity index (χ3v) is 6.52. The van der Waals surface area contributed by atoms with Crippen LogP contribution in [-0.4, -0.2) is 36.3 Å². The van der Waals surface area contributed by atoms with E-state index in [1.165, 1.54) is 18.4 Å². The normalized spacial score (nSPS) is 34.8. The Labute approximate surface area is 143 Å². The van der Waals surface area contributed by atoms with Crippen LogP contribution in [0, 0.1) is 17.3 Å². The summed E-state index contributed by atoms with van der Waals surface area (Å²) in [5, 5.41) is 3.12. The maximum atomic E-state index is 13.3. The number of fused-ring (bicyclic) bond motifs is 2. The first kappa shape index (κ1) is 15.7. The van der Waals surface area contributed by atoms with E-state index in [0.717, 1.165) is 32.2 Å². The molecule has 128 valence electrons. The molecule has 4 nitrogen and oxygen atoms in total. The molecule has 1 N–H and O–H groups in total. The summed E-state index contributed by atoms with van der Waals surface area (Å²) >= 11 is 0. The summed E-state index contributed by atoms with van der Waals surface area (Å²) < 4.78 is 0. The lowest BCUT2D eigenvalue weighted by Gasteiger charge is -2.37. The minimum atomic E-state index is -0.325. The Morgan fingerprint density at radius 3 is 2.62 bits per heavy atom. The van der Waals surface area contributed by atoms with Gasteiger partial charge in [-0.2, -0.15) is 0 Å². The van der Waals surface area contributed by atoms with Gasteiger partial charge in [-0.25, -0.2) is 0 Å². The van der Waals surface area contributed by atoms with Gasteiger partial charge in [0.2, 0.25) is 11.8 Å². The molecule has 2 amide bonds. The SMILES string of the molecule is CN1CC[C@H](NC(=O)[C@@]2(Cc3ccccc3)C[C@H]3CC[C@H]2C3)C1=O. The van der Waals surface area contributed by atoms with Crippen molar-refractivity contribution in [1.29, 1.82) is 0 Å². The Morgan fingerprint density at radius 2 is 2.04 bits per heavy atom. The van der Waals surface area contributed by atoms with Gasteiger partial charge in [-0.3, -0.25) is 9.59 Å². The summed E-state index contributed by atoms with van der Waals surface area (Å²) in [6.45, 7) is 0.738. The molecule has 0 aromatic heterocycles. The average Bonchev–Trinajstić information content (AvgIpc) is 3.27. The van der Waals surface area contributed by atoms with E-state index in [2.05, 4.69) is 17.4 Å². The van der Waals surface area contributed by atoms with Gasteiger partial charge < -0.3 is 10.2 Å². The largest absolute Gasteiger partial charge is 0.344 e. The zero-order valence-electron chi connectivity index (χ0n) is 14.3. The van der Waals surface area contributed by atoms with Crippen molar-refractivity contribution in [3.8, 4) is 0 Å². The summed E-state index contributed by atoms with van der Waals surface area (Å²) in [4.78, 5) is 27.2. The van der Waals surface area contributed by atoms with Crippen molar-refractivity contribution in [2.75, 3.05) is 13.6 Å². The molecule has 0 unspecified atom stereocenters. The van der Waals surface area contributed by atoms with E-state index in [0.29, 0.717) is 11.8 Å². The molecule has 1 aromatic carbocycles. The Bertz CT molecular complexity index is 644. The van der Waals surface area contributed by atoms with Crippen LogP contribution in [0.5, 0.6) is 0 Å². The Kier molecular flexibility index (Phi) is 3.86. The highest BCUT2D eigenvalue weighted by atomic mass is 16.2. The van der Waals surface area contributed by atoms with Crippen LogP contribution in [0.15, 0.2) is 30.3 Å². The van der Waals surface area contributed by atoms with Crippen molar-refractivity contribution in [2.24, 2.45) is 17.3 Å². The van der Waals surface area contributed by atoms with Crippen molar-refractivity contribution in [3.05, 3.63) is 35.9 Å². The lowest BCUT2D eigenvalue weighted by molar-refractivity contribution is -0.138.